The zero-order valence-electron chi connectivity index (χ0n) is 18.6. The van der Waals surface area contributed by atoms with Crippen LogP contribution in [0.5, 0.6) is 0 Å². The Morgan fingerprint density at radius 2 is 1.64 bits per heavy atom. The number of hydrogen-bond donors (Lipinski definition) is 0. The summed E-state index contributed by atoms with van der Waals surface area (Å²) in [6.45, 7) is 5.50. The van der Waals surface area contributed by atoms with Crippen molar-refractivity contribution in [1.82, 2.24) is 13.9 Å². The fourth-order valence-corrected chi connectivity index (χ4v) is 5.50. The van der Waals surface area contributed by atoms with Gasteiger partial charge in [-0.2, -0.15) is 4.31 Å². The molecule has 8 heteroatoms. The first-order valence-corrected chi connectivity index (χ1v) is 12.0. The highest BCUT2D eigenvalue weighted by molar-refractivity contribution is 7.89. The number of para-hydroxylation sites is 1. The molecule has 1 heterocycles. The van der Waals surface area contributed by atoms with Gasteiger partial charge < -0.3 is 0 Å². The minimum atomic E-state index is -3.98. The molecule has 0 aliphatic rings. The molecule has 1 aromatic heterocycles. The first-order valence-electron chi connectivity index (χ1n) is 10.6. The third-order valence-corrected chi connectivity index (χ3v) is 7.69. The maximum atomic E-state index is 13.5. The van der Waals surface area contributed by atoms with E-state index in [0.717, 1.165) is 17.7 Å². The van der Waals surface area contributed by atoms with Crippen LogP contribution < -0.4 is 5.56 Å². The highest BCUT2D eigenvalue weighted by Crippen LogP contribution is 2.28. The molecule has 0 spiro atoms. The van der Waals surface area contributed by atoms with E-state index in [0.29, 0.717) is 22.4 Å². The number of fused-ring (bicyclic) bond motifs is 1. The van der Waals surface area contributed by atoms with Crippen molar-refractivity contribution in [3.05, 3.63) is 100 Å². The normalized spacial score (nSPS) is 12.9. The molecule has 0 aliphatic heterocycles. The van der Waals surface area contributed by atoms with Gasteiger partial charge in [-0.05, 0) is 62.4 Å². The Bertz CT molecular complexity index is 1460. The number of sulfonamides is 1. The van der Waals surface area contributed by atoms with E-state index in [4.69, 9.17) is 4.98 Å². The molecule has 4 aromatic rings. The molecule has 0 radical (unpaired) electrons. The molecular formula is C25H24FN3O3S. The third-order valence-electron chi connectivity index (χ3n) is 5.63. The number of aromatic nitrogens is 2. The minimum absolute atomic E-state index is 0.0253. The van der Waals surface area contributed by atoms with Crippen LogP contribution in [0.4, 0.5) is 4.39 Å². The third kappa shape index (κ3) is 4.19. The van der Waals surface area contributed by atoms with Crippen molar-refractivity contribution >= 4 is 20.9 Å². The van der Waals surface area contributed by atoms with E-state index in [-0.39, 0.29) is 17.0 Å². The maximum Gasteiger partial charge on any atom is 0.266 e. The Morgan fingerprint density at radius 3 is 2.27 bits per heavy atom. The molecule has 0 saturated heterocycles. The van der Waals surface area contributed by atoms with Crippen molar-refractivity contribution < 1.29 is 12.8 Å². The summed E-state index contributed by atoms with van der Waals surface area (Å²) in [5.74, 6) is -0.218. The number of aryl methyl sites for hydroxylation is 1. The van der Waals surface area contributed by atoms with E-state index in [2.05, 4.69) is 0 Å². The van der Waals surface area contributed by atoms with E-state index in [9.17, 15) is 17.6 Å². The van der Waals surface area contributed by atoms with Crippen LogP contribution in [-0.2, 0) is 10.0 Å². The van der Waals surface area contributed by atoms with Crippen LogP contribution >= 0.6 is 0 Å². The van der Waals surface area contributed by atoms with Crippen LogP contribution in [0.1, 0.15) is 31.3 Å². The summed E-state index contributed by atoms with van der Waals surface area (Å²) in [7, 11) is -3.98. The summed E-state index contributed by atoms with van der Waals surface area (Å²) >= 11 is 0. The molecule has 6 nitrogen and oxygen atoms in total. The number of hydrogen-bond acceptors (Lipinski definition) is 4. The summed E-state index contributed by atoms with van der Waals surface area (Å²) in [6.07, 6.45) is 0. The van der Waals surface area contributed by atoms with E-state index in [1.54, 1.807) is 38.1 Å². The Balaban J connectivity index is 1.93. The molecule has 1 atom stereocenters. The summed E-state index contributed by atoms with van der Waals surface area (Å²) < 4.78 is 43.0. The van der Waals surface area contributed by atoms with Crippen molar-refractivity contribution in [1.29, 1.82) is 0 Å². The Morgan fingerprint density at radius 1 is 1.00 bits per heavy atom. The number of rotatable bonds is 6. The van der Waals surface area contributed by atoms with Gasteiger partial charge in [0.1, 0.15) is 11.6 Å². The fourth-order valence-electron chi connectivity index (χ4n) is 3.90. The van der Waals surface area contributed by atoms with E-state index in [1.807, 2.05) is 31.2 Å². The van der Waals surface area contributed by atoms with Gasteiger partial charge in [0.05, 0.1) is 27.5 Å². The van der Waals surface area contributed by atoms with Gasteiger partial charge in [0.2, 0.25) is 10.0 Å². The first-order chi connectivity index (χ1) is 15.7. The molecule has 3 aromatic carbocycles. The second-order valence-corrected chi connectivity index (χ2v) is 9.69. The molecule has 0 fully saturated rings. The van der Waals surface area contributed by atoms with Crippen LogP contribution in [0.15, 0.2) is 82.5 Å². The van der Waals surface area contributed by atoms with Gasteiger partial charge in [-0.25, -0.2) is 17.8 Å². The molecule has 0 amide bonds. The molecular weight excluding hydrogens is 441 g/mol. The van der Waals surface area contributed by atoms with Crippen LogP contribution in [0, 0.1) is 12.7 Å². The van der Waals surface area contributed by atoms with Crippen molar-refractivity contribution in [2.45, 2.75) is 31.7 Å². The summed E-state index contributed by atoms with van der Waals surface area (Å²) in [4.78, 5) is 18.2. The zero-order chi connectivity index (χ0) is 23.8. The fraction of sp³-hybridized carbons (Fsp3) is 0.200. The van der Waals surface area contributed by atoms with Crippen molar-refractivity contribution in [3.8, 4) is 5.69 Å². The van der Waals surface area contributed by atoms with Gasteiger partial charge in [-0.3, -0.25) is 9.36 Å². The highest BCUT2D eigenvalue weighted by Gasteiger charge is 2.32. The average Bonchev–Trinajstić information content (AvgIpc) is 2.80. The van der Waals surface area contributed by atoms with E-state index < -0.39 is 21.9 Å². The lowest BCUT2D eigenvalue weighted by molar-refractivity contribution is 0.340. The molecule has 33 heavy (non-hydrogen) atoms. The second kappa shape index (κ2) is 8.88. The Kier molecular flexibility index (Phi) is 6.14. The summed E-state index contributed by atoms with van der Waals surface area (Å²) in [5, 5.41) is 0.443. The van der Waals surface area contributed by atoms with Gasteiger partial charge in [0, 0.05) is 6.54 Å². The van der Waals surface area contributed by atoms with Gasteiger partial charge in [0.15, 0.2) is 0 Å². The van der Waals surface area contributed by atoms with E-state index >= 15 is 0 Å². The van der Waals surface area contributed by atoms with Crippen LogP contribution in [0.2, 0.25) is 0 Å². The van der Waals surface area contributed by atoms with Crippen LogP contribution in [0.3, 0.4) is 0 Å². The smallest absolute Gasteiger partial charge is 0.266 e. The molecule has 0 saturated carbocycles. The van der Waals surface area contributed by atoms with Crippen molar-refractivity contribution in [2.75, 3.05) is 6.54 Å². The molecule has 170 valence electrons. The summed E-state index contributed by atoms with van der Waals surface area (Å²) in [6, 6.07) is 18.3. The monoisotopic (exact) mass is 465 g/mol. The van der Waals surface area contributed by atoms with Crippen LogP contribution in [0.25, 0.3) is 16.6 Å². The Labute approximate surface area is 192 Å². The van der Waals surface area contributed by atoms with Gasteiger partial charge in [-0.15, -0.1) is 0 Å². The minimum Gasteiger partial charge on any atom is -0.268 e. The highest BCUT2D eigenvalue weighted by atomic mass is 32.2. The van der Waals surface area contributed by atoms with Gasteiger partial charge in [0.25, 0.3) is 5.56 Å². The van der Waals surface area contributed by atoms with Crippen LogP contribution in [-0.4, -0.2) is 28.8 Å². The van der Waals surface area contributed by atoms with Crippen molar-refractivity contribution in [3.63, 3.8) is 0 Å². The molecule has 0 aliphatic carbocycles. The second-order valence-electron chi connectivity index (χ2n) is 7.80. The summed E-state index contributed by atoms with van der Waals surface area (Å²) in [5.41, 5.74) is 1.84. The lowest BCUT2D eigenvalue weighted by Gasteiger charge is -2.28. The number of benzene rings is 3. The largest absolute Gasteiger partial charge is 0.268 e. The Hall–Kier alpha value is -3.36. The lowest BCUT2D eigenvalue weighted by atomic mass is 10.2. The molecule has 4 rings (SSSR count). The SMILES string of the molecule is CCN(C(C)c1nc2ccccc2c(=O)n1-c1ccc(C)cc1)S(=O)(=O)c1ccc(F)cc1. The zero-order valence-corrected chi connectivity index (χ0v) is 19.4. The quantitative estimate of drug-likeness (QED) is 0.417. The average molecular weight is 466 g/mol. The number of halogens is 1. The van der Waals surface area contributed by atoms with Gasteiger partial charge >= 0.3 is 0 Å². The maximum absolute atomic E-state index is 13.5. The van der Waals surface area contributed by atoms with Gasteiger partial charge in [-0.1, -0.05) is 36.8 Å². The number of nitrogens with zero attached hydrogens (tertiary/aromatic N) is 3. The molecule has 0 bridgehead atoms. The van der Waals surface area contributed by atoms with Crippen molar-refractivity contribution in [2.24, 2.45) is 0 Å². The predicted octanol–water partition coefficient (Wildman–Crippen LogP) is 4.61. The topological polar surface area (TPSA) is 72.3 Å². The molecule has 0 N–H and O–H groups in total. The standard InChI is InChI=1S/C25H24FN3O3S/c1-4-28(33(31,32)21-15-11-19(26)12-16-21)18(3)24-27-23-8-6-5-7-22(23)25(30)29(24)20-13-9-17(2)10-14-20/h5-16,18H,4H2,1-3H3. The molecule has 1 unspecified atom stereocenters. The predicted molar refractivity (Wildman–Crippen MR) is 126 cm³/mol. The van der Waals surface area contributed by atoms with E-state index in [1.165, 1.54) is 21.0 Å². The lowest BCUT2D eigenvalue weighted by Crippen LogP contribution is -2.37. The first kappa shape index (κ1) is 22.8.